The molecule has 2 nitrogen and oxygen atoms in total. The molecule has 0 heterocycles. The van der Waals surface area contributed by atoms with E-state index in [1.807, 2.05) is 25.1 Å². The number of amides is 1. The van der Waals surface area contributed by atoms with Gasteiger partial charge >= 0.3 is 0 Å². The third-order valence-corrected chi connectivity index (χ3v) is 2.60. The fraction of sp³-hybridized carbons (Fsp3) is 0.364. The summed E-state index contributed by atoms with van der Waals surface area (Å²) in [5.74, 6) is 0.276. The second-order valence-electron chi connectivity index (χ2n) is 3.25. The summed E-state index contributed by atoms with van der Waals surface area (Å²) in [6, 6.07) is 7.37. The molecule has 0 aliphatic carbocycles. The minimum Gasteiger partial charge on any atom is -0.349 e. The van der Waals surface area contributed by atoms with E-state index in [4.69, 9.17) is 23.2 Å². The fourth-order valence-electron chi connectivity index (χ4n) is 1.30. The zero-order chi connectivity index (χ0) is 11.3. The zero-order valence-corrected chi connectivity index (χ0v) is 9.98. The molecule has 1 atom stereocenters. The summed E-state index contributed by atoms with van der Waals surface area (Å²) in [4.78, 5) is 11.3. The lowest BCUT2D eigenvalue weighted by Crippen LogP contribution is -2.26. The van der Waals surface area contributed by atoms with E-state index >= 15 is 0 Å². The first-order valence-corrected chi connectivity index (χ1v) is 5.66. The number of carbonyl (C=O) groups is 1. The molecule has 1 amide bonds. The van der Waals surface area contributed by atoms with Crippen LogP contribution in [0.1, 0.15) is 24.9 Å². The molecule has 1 aromatic carbocycles. The van der Waals surface area contributed by atoms with Gasteiger partial charge in [0.25, 0.3) is 0 Å². The van der Waals surface area contributed by atoms with Crippen LogP contribution < -0.4 is 5.32 Å². The van der Waals surface area contributed by atoms with Crippen LogP contribution in [-0.4, -0.2) is 11.8 Å². The first kappa shape index (κ1) is 12.3. The molecule has 0 fully saturated rings. The number of halogens is 2. The Labute approximate surface area is 99.6 Å². The third-order valence-electron chi connectivity index (χ3n) is 2.07. The first-order valence-electron chi connectivity index (χ1n) is 4.75. The Morgan fingerprint density at radius 1 is 1.47 bits per heavy atom. The van der Waals surface area contributed by atoms with E-state index in [1.165, 1.54) is 0 Å². The van der Waals surface area contributed by atoms with Crippen molar-refractivity contribution in [3.05, 3.63) is 34.9 Å². The Bertz CT molecular complexity index is 341. The first-order chi connectivity index (χ1) is 7.15. The summed E-state index contributed by atoms with van der Waals surface area (Å²) >= 11 is 11.5. The van der Waals surface area contributed by atoms with Crippen LogP contribution in [0.2, 0.25) is 5.02 Å². The lowest BCUT2D eigenvalue weighted by atomic mass is 10.1. The van der Waals surface area contributed by atoms with E-state index in [1.54, 1.807) is 6.07 Å². The Morgan fingerprint density at radius 3 is 2.73 bits per heavy atom. The summed E-state index contributed by atoms with van der Waals surface area (Å²) < 4.78 is 0. The highest BCUT2D eigenvalue weighted by atomic mass is 35.5. The van der Waals surface area contributed by atoms with E-state index in [0.29, 0.717) is 17.3 Å². The molecule has 0 saturated heterocycles. The van der Waals surface area contributed by atoms with Gasteiger partial charge < -0.3 is 5.32 Å². The maximum Gasteiger partial charge on any atom is 0.221 e. The van der Waals surface area contributed by atoms with E-state index in [0.717, 1.165) is 5.56 Å². The van der Waals surface area contributed by atoms with E-state index in [2.05, 4.69) is 5.32 Å². The molecule has 1 aromatic rings. The summed E-state index contributed by atoms with van der Waals surface area (Å²) in [5.41, 5.74) is 0.919. The number of hydrogen-bond acceptors (Lipinski definition) is 1. The van der Waals surface area contributed by atoms with Crippen molar-refractivity contribution in [1.29, 1.82) is 0 Å². The van der Waals surface area contributed by atoms with Gasteiger partial charge in [-0.3, -0.25) is 4.79 Å². The van der Waals surface area contributed by atoms with Crippen molar-refractivity contribution < 1.29 is 4.79 Å². The summed E-state index contributed by atoms with van der Waals surface area (Å²) in [7, 11) is 0. The summed E-state index contributed by atoms with van der Waals surface area (Å²) in [6.45, 7) is 1.90. The number of rotatable bonds is 4. The van der Waals surface area contributed by atoms with Crippen LogP contribution in [0, 0.1) is 0 Å². The molecule has 0 aliphatic heterocycles. The van der Waals surface area contributed by atoms with Gasteiger partial charge in [0.2, 0.25) is 5.91 Å². The average molecular weight is 246 g/mol. The van der Waals surface area contributed by atoms with Crippen molar-refractivity contribution in [3.8, 4) is 0 Å². The normalized spacial score (nSPS) is 12.2. The Hall–Kier alpha value is -0.730. The maximum absolute atomic E-state index is 11.3. The predicted octanol–water partition coefficient (Wildman–Crippen LogP) is 3.15. The zero-order valence-electron chi connectivity index (χ0n) is 8.47. The third kappa shape index (κ3) is 3.73. The van der Waals surface area contributed by atoms with Crippen LogP contribution in [0.25, 0.3) is 0 Å². The van der Waals surface area contributed by atoms with Crippen molar-refractivity contribution in [2.24, 2.45) is 0 Å². The van der Waals surface area contributed by atoms with Crippen molar-refractivity contribution >= 4 is 29.1 Å². The van der Waals surface area contributed by atoms with Gasteiger partial charge in [0.1, 0.15) is 0 Å². The molecule has 15 heavy (non-hydrogen) atoms. The van der Waals surface area contributed by atoms with Gasteiger partial charge in [0.15, 0.2) is 0 Å². The van der Waals surface area contributed by atoms with Crippen molar-refractivity contribution in [2.75, 3.05) is 5.88 Å². The van der Waals surface area contributed by atoms with Crippen molar-refractivity contribution in [3.63, 3.8) is 0 Å². The molecule has 1 unspecified atom stereocenters. The van der Waals surface area contributed by atoms with Gasteiger partial charge in [0.05, 0.1) is 6.04 Å². The standard InChI is InChI=1S/C11H13Cl2NO/c1-8(14-11(15)6-7-12)9-4-2-3-5-10(9)13/h2-5,8H,6-7H2,1H3,(H,14,15). The predicted molar refractivity (Wildman–Crippen MR) is 63.3 cm³/mol. The van der Waals surface area contributed by atoms with E-state index in [-0.39, 0.29) is 11.9 Å². The minimum atomic E-state index is -0.0885. The smallest absolute Gasteiger partial charge is 0.221 e. The number of nitrogens with one attached hydrogen (secondary N) is 1. The molecular weight excluding hydrogens is 233 g/mol. The largest absolute Gasteiger partial charge is 0.349 e. The van der Waals surface area contributed by atoms with E-state index < -0.39 is 0 Å². The molecule has 4 heteroatoms. The second kappa shape index (κ2) is 5.99. The monoisotopic (exact) mass is 245 g/mol. The van der Waals surface area contributed by atoms with Crippen molar-refractivity contribution in [1.82, 2.24) is 5.32 Å². The van der Waals surface area contributed by atoms with Crippen LogP contribution >= 0.6 is 23.2 Å². The molecule has 0 aromatic heterocycles. The number of hydrogen-bond donors (Lipinski definition) is 1. The number of alkyl halides is 1. The maximum atomic E-state index is 11.3. The van der Waals surface area contributed by atoms with Crippen LogP contribution in [-0.2, 0) is 4.79 Å². The molecule has 0 spiro atoms. The minimum absolute atomic E-state index is 0.0579. The molecule has 0 saturated carbocycles. The van der Waals surface area contributed by atoms with Crippen LogP contribution in [0.5, 0.6) is 0 Å². The number of benzene rings is 1. The van der Waals surface area contributed by atoms with Gasteiger partial charge in [-0.15, -0.1) is 11.6 Å². The van der Waals surface area contributed by atoms with Crippen molar-refractivity contribution in [2.45, 2.75) is 19.4 Å². The topological polar surface area (TPSA) is 29.1 Å². The molecule has 0 bridgehead atoms. The molecule has 1 N–H and O–H groups in total. The molecular formula is C11H13Cl2NO. The fourth-order valence-corrected chi connectivity index (χ4v) is 1.77. The SMILES string of the molecule is CC(NC(=O)CCCl)c1ccccc1Cl. The van der Waals surface area contributed by atoms with Crippen LogP contribution in [0.3, 0.4) is 0 Å². The van der Waals surface area contributed by atoms with E-state index in [9.17, 15) is 4.79 Å². The highest BCUT2D eigenvalue weighted by Crippen LogP contribution is 2.21. The van der Waals surface area contributed by atoms with Gasteiger partial charge in [0, 0.05) is 17.3 Å². The average Bonchev–Trinajstić information content (AvgIpc) is 2.18. The quantitative estimate of drug-likeness (QED) is 0.812. The van der Waals surface area contributed by atoms with Gasteiger partial charge in [-0.05, 0) is 18.6 Å². The lowest BCUT2D eigenvalue weighted by Gasteiger charge is -2.15. The van der Waals surface area contributed by atoms with Gasteiger partial charge in [-0.2, -0.15) is 0 Å². The summed E-state index contributed by atoms with van der Waals surface area (Å²) in [6.07, 6.45) is 0.330. The second-order valence-corrected chi connectivity index (χ2v) is 4.03. The van der Waals surface area contributed by atoms with Crippen LogP contribution in [0.4, 0.5) is 0 Å². The van der Waals surface area contributed by atoms with Gasteiger partial charge in [-0.25, -0.2) is 0 Å². The van der Waals surface area contributed by atoms with Gasteiger partial charge in [-0.1, -0.05) is 29.8 Å². The highest BCUT2D eigenvalue weighted by Gasteiger charge is 2.11. The Morgan fingerprint density at radius 2 is 2.13 bits per heavy atom. The lowest BCUT2D eigenvalue weighted by molar-refractivity contribution is -0.121. The highest BCUT2D eigenvalue weighted by molar-refractivity contribution is 6.31. The molecule has 1 rings (SSSR count). The molecule has 0 aliphatic rings. The Balaban J connectivity index is 2.65. The molecule has 0 radical (unpaired) electrons. The molecule has 82 valence electrons. The number of carbonyl (C=O) groups excluding carboxylic acids is 1. The Kier molecular flexibility index (Phi) is 4.92. The summed E-state index contributed by atoms with van der Waals surface area (Å²) in [5, 5.41) is 3.49. The van der Waals surface area contributed by atoms with Crippen LogP contribution in [0.15, 0.2) is 24.3 Å².